The lowest BCUT2D eigenvalue weighted by atomic mass is 9.97. The van der Waals surface area contributed by atoms with Crippen LogP contribution in [0, 0.1) is 12.8 Å². The van der Waals surface area contributed by atoms with Crippen molar-refractivity contribution in [3.05, 3.63) is 35.8 Å². The zero-order valence-corrected chi connectivity index (χ0v) is 14.2. The van der Waals surface area contributed by atoms with E-state index in [2.05, 4.69) is 29.0 Å². The molecule has 5 nitrogen and oxygen atoms in total. The third kappa shape index (κ3) is 3.55. The first kappa shape index (κ1) is 16.0. The van der Waals surface area contributed by atoms with Crippen LogP contribution in [0.25, 0.3) is 5.65 Å². The second-order valence-electron chi connectivity index (χ2n) is 6.83. The first-order chi connectivity index (χ1) is 11.0. The van der Waals surface area contributed by atoms with Crippen LogP contribution in [0.5, 0.6) is 0 Å². The minimum Gasteiger partial charge on any atom is -0.350 e. The summed E-state index contributed by atoms with van der Waals surface area (Å²) in [4.78, 5) is 19.3. The van der Waals surface area contributed by atoms with Crippen LogP contribution in [0.3, 0.4) is 0 Å². The Morgan fingerprint density at radius 1 is 1.43 bits per heavy atom. The molecule has 0 spiro atoms. The van der Waals surface area contributed by atoms with Gasteiger partial charge in [-0.25, -0.2) is 4.98 Å². The number of nitrogens with zero attached hydrogens (tertiary/aromatic N) is 3. The molecule has 0 radical (unpaired) electrons. The monoisotopic (exact) mass is 314 g/mol. The van der Waals surface area contributed by atoms with E-state index in [0.717, 1.165) is 24.4 Å². The normalized spacial score (nSPS) is 19.4. The summed E-state index contributed by atoms with van der Waals surface area (Å²) in [5, 5.41) is 3.07. The van der Waals surface area contributed by atoms with Gasteiger partial charge in [0.2, 0.25) is 0 Å². The van der Waals surface area contributed by atoms with E-state index in [1.54, 1.807) is 0 Å². The van der Waals surface area contributed by atoms with Gasteiger partial charge >= 0.3 is 0 Å². The Bertz CT molecular complexity index is 691. The zero-order chi connectivity index (χ0) is 16.4. The van der Waals surface area contributed by atoms with Gasteiger partial charge in [-0.15, -0.1) is 0 Å². The first-order valence-electron chi connectivity index (χ1n) is 8.51. The number of hydrogen-bond donors (Lipinski definition) is 1. The number of likely N-dealkylation sites (tertiary alicyclic amines) is 1. The number of aromatic nitrogens is 2. The van der Waals surface area contributed by atoms with E-state index in [-0.39, 0.29) is 5.91 Å². The molecule has 0 bridgehead atoms. The molecule has 5 heteroatoms. The van der Waals surface area contributed by atoms with Crippen molar-refractivity contribution in [3.8, 4) is 0 Å². The molecule has 124 valence electrons. The Morgan fingerprint density at radius 2 is 2.26 bits per heavy atom. The molecular weight excluding hydrogens is 288 g/mol. The van der Waals surface area contributed by atoms with Crippen molar-refractivity contribution in [1.82, 2.24) is 19.6 Å². The summed E-state index contributed by atoms with van der Waals surface area (Å²) in [6, 6.07) is 6.47. The SMILES string of the molecule is Cc1cccc2nc(C(=O)NC[C@@H]3CCCN(C(C)C)C3)cn12. The average molecular weight is 314 g/mol. The lowest BCUT2D eigenvalue weighted by Crippen LogP contribution is -2.43. The molecule has 0 aliphatic carbocycles. The van der Waals surface area contributed by atoms with E-state index in [9.17, 15) is 4.79 Å². The second-order valence-corrected chi connectivity index (χ2v) is 6.83. The molecule has 0 saturated carbocycles. The highest BCUT2D eigenvalue weighted by molar-refractivity contribution is 5.92. The van der Waals surface area contributed by atoms with E-state index in [1.165, 1.54) is 19.4 Å². The molecule has 1 N–H and O–H groups in total. The number of aryl methyl sites for hydroxylation is 1. The molecule has 1 aliphatic rings. The van der Waals surface area contributed by atoms with Crippen molar-refractivity contribution >= 4 is 11.6 Å². The van der Waals surface area contributed by atoms with E-state index in [4.69, 9.17) is 0 Å². The van der Waals surface area contributed by atoms with Crippen LogP contribution in [0.1, 0.15) is 42.9 Å². The number of pyridine rings is 1. The fourth-order valence-electron chi connectivity index (χ4n) is 3.32. The van der Waals surface area contributed by atoms with Crippen LogP contribution >= 0.6 is 0 Å². The standard InChI is InChI=1S/C18H26N4O/c1-13(2)21-9-5-7-15(11-21)10-19-18(23)16-12-22-14(3)6-4-8-17(22)20-16/h4,6,8,12-13,15H,5,7,9-11H2,1-3H3,(H,19,23)/t15-/m0/s1. The molecule has 2 aromatic heterocycles. The predicted octanol–water partition coefficient (Wildman–Crippen LogP) is 2.49. The number of fused-ring (bicyclic) bond motifs is 1. The van der Waals surface area contributed by atoms with Crippen molar-refractivity contribution in [2.75, 3.05) is 19.6 Å². The Labute approximate surface area is 137 Å². The van der Waals surface area contributed by atoms with Crippen molar-refractivity contribution in [1.29, 1.82) is 0 Å². The summed E-state index contributed by atoms with van der Waals surface area (Å²) < 4.78 is 1.95. The van der Waals surface area contributed by atoms with Gasteiger partial charge in [-0.2, -0.15) is 0 Å². The van der Waals surface area contributed by atoms with Crippen LogP contribution in [0.2, 0.25) is 0 Å². The van der Waals surface area contributed by atoms with E-state index in [0.29, 0.717) is 17.7 Å². The third-order valence-electron chi connectivity index (χ3n) is 4.76. The van der Waals surface area contributed by atoms with Crippen LogP contribution in [-0.4, -0.2) is 45.9 Å². The van der Waals surface area contributed by atoms with Gasteiger partial charge in [-0.3, -0.25) is 4.79 Å². The van der Waals surface area contributed by atoms with Crippen LogP contribution < -0.4 is 5.32 Å². The van der Waals surface area contributed by atoms with Crippen LogP contribution in [0.15, 0.2) is 24.4 Å². The number of carbonyl (C=O) groups excluding carboxylic acids is 1. The molecule has 2 aromatic rings. The van der Waals surface area contributed by atoms with E-state index >= 15 is 0 Å². The fraction of sp³-hybridized carbons (Fsp3) is 0.556. The third-order valence-corrected chi connectivity index (χ3v) is 4.76. The summed E-state index contributed by atoms with van der Waals surface area (Å²) in [6.07, 6.45) is 4.22. The maximum Gasteiger partial charge on any atom is 0.271 e. The van der Waals surface area contributed by atoms with Gasteiger partial charge in [0.25, 0.3) is 5.91 Å². The number of piperidine rings is 1. The molecule has 0 unspecified atom stereocenters. The van der Waals surface area contributed by atoms with E-state index < -0.39 is 0 Å². The van der Waals surface area contributed by atoms with Crippen molar-refractivity contribution in [2.24, 2.45) is 5.92 Å². The topological polar surface area (TPSA) is 49.6 Å². The molecule has 3 heterocycles. The summed E-state index contributed by atoms with van der Waals surface area (Å²) in [7, 11) is 0. The van der Waals surface area contributed by atoms with Gasteiger partial charge in [0.1, 0.15) is 11.3 Å². The second kappa shape index (κ2) is 6.71. The number of imidazole rings is 1. The quantitative estimate of drug-likeness (QED) is 0.943. The smallest absolute Gasteiger partial charge is 0.271 e. The van der Waals surface area contributed by atoms with Crippen LogP contribution in [0.4, 0.5) is 0 Å². The van der Waals surface area contributed by atoms with Crippen LogP contribution in [-0.2, 0) is 0 Å². The fourth-order valence-corrected chi connectivity index (χ4v) is 3.32. The highest BCUT2D eigenvalue weighted by Gasteiger charge is 2.22. The zero-order valence-electron chi connectivity index (χ0n) is 14.2. The van der Waals surface area contributed by atoms with Gasteiger partial charge < -0.3 is 14.6 Å². The van der Waals surface area contributed by atoms with Crippen molar-refractivity contribution in [3.63, 3.8) is 0 Å². The lowest BCUT2D eigenvalue weighted by Gasteiger charge is -2.35. The van der Waals surface area contributed by atoms with Gasteiger partial charge in [0.05, 0.1) is 0 Å². The van der Waals surface area contributed by atoms with Gasteiger partial charge in [0.15, 0.2) is 0 Å². The Hall–Kier alpha value is -1.88. The van der Waals surface area contributed by atoms with Gasteiger partial charge in [0, 0.05) is 31.0 Å². The summed E-state index contributed by atoms with van der Waals surface area (Å²) >= 11 is 0. The Balaban J connectivity index is 1.61. The number of carbonyl (C=O) groups is 1. The van der Waals surface area contributed by atoms with E-state index in [1.807, 2.05) is 35.7 Å². The first-order valence-corrected chi connectivity index (χ1v) is 8.51. The summed E-state index contributed by atoms with van der Waals surface area (Å²) in [5.41, 5.74) is 2.39. The minimum absolute atomic E-state index is 0.0743. The molecule has 1 fully saturated rings. The van der Waals surface area contributed by atoms with Crippen molar-refractivity contribution < 1.29 is 4.79 Å². The van der Waals surface area contributed by atoms with Gasteiger partial charge in [-0.05, 0) is 58.2 Å². The summed E-state index contributed by atoms with van der Waals surface area (Å²) in [6.45, 7) is 9.46. The Morgan fingerprint density at radius 3 is 3.00 bits per heavy atom. The molecular formula is C18H26N4O. The average Bonchev–Trinajstić information content (AvgIpc) is 2.98. The Kier molecular flexibility index (Phi) is 4.66. The molecule has 1 amide bonds. The maximum atomic E-state index is 12.4. The molecule has 1 saturated heterocycles. The maximum absolute atomic E-state index is 12.4. The number of hydrogen-bond acceptors (Lipinski definition) is 3. The highest BCUT2D eigenvalue weighted by atomic mass is 16.1. The largest absolute Gasteiger partial charge is 0.350 e. The predicted molar refractivity (Wildman–Crippen MR) is 91.7 cm³/mol. The molecule has 1 atom stereocenters. The molecule has 1 aliphatic heterocycles. The lowest BCUT2D eigenvalue weighted by molar-refractivity contribution is 0.0918. The highest BCUT2D eigenvalue weighted by Crippen LogP contribution is 2.18. The number of nitrogens with one attached hydrogen (secondary N) is 1. The molecule has 23 heavy (non-hydrogen) atoms. The van der Waals surface area contributed by atoms with Crippen molar-refractivity contribution in [2.45, 2.75) is 39.7 Å². The molecule has 0 aromatic carbocycles. The number of rotatable bonds is 4. The minimum atomic E-state index is -0.0743. The molecule has 3 rings (SSSR count). The summed E-state index contributed by atoms with van der Waals surface area (Å²) in [5.74, 6) is 0.462. The van der Waals surface area contributed by atoms with Gasteiger partial charge in [-0.1, -0.05) is 6.07 Å². The number of amides is 1.